The average molecular weight is 442 g/mol. The molecular weight excluding hydrogens is 419 g/mol. The van der Waals surface area contributed by atoms with Crippen LogP contribution in [0.1, 0.15) is 0 Å². The molecule has 0 heterocycles. The Morgan fingerprint density at radius 2 is 0.824 bits per heavy atom. The molecule has 164 valence electrons. The van der Waals surface area contributed by atoms with E-state index in [1.165, 1.54) is 0 Å². The third-order valence-corrected chi connectivity index (χ3v) is 5.80. The Bertz CT molecular complexity index is 1370. The molecule has 0 aliphatic carbocycles. The van der Waals surface area contributed by atoms with Gasteiger partial charge in [-0.2, -0.15) is 0 Å². The average Bonchev–Trinajstić information content (AvgIpc) is 2.89. The molecule has 0 spiro atoms. The molecule has 0 aliphatic rings. The van der Waals surface area contributed by atoms with Crippen molar-refractivity contribution in [2.24, 2.45) is 0 Å². The molecule has 0 amide bonds. The molecule has 0 fully saturated rings. The Morgan fingerprint density at radius 3 is 1.26 bits per heavy atom. The van der Waals surface area contributed by atoms with E-state index < -0.39 is 7.32 Å². The largest absolute Gasteiger partial charge is 0.707 e. The lowest BCUT2D eigenvalue weighted by Gasteiger charge is -2.24. The molecule has 0 radical (unpaired) electrons. The van der Waals surface area contributed by atoms with Crippen molar-refractivity contribution >= 4 is 7.32 Å². The highest BCUT2D eigenvalue weighted by atomic mass is 16.6. The van der Waals surface area contributed by atoms with Gasteiger partial charge in [0.25, 0.3) is 0 Å². The normalized spacial score (nSPS) is 10.6. The molecule has 0 saturated heterocycles. The molecule has 2 N–H and O–H groups in total. The standard InChI is InChI=1S/C30H23BO3/c32-31(33)34-27-21-26(22-13-5-1-6-14-22)28(23-15-7-2-8-16-23)30(25-19-11-4-12-20-25)29(27)24-17-9-3-10-18-24/h1-21,32-33H. The maximum atomic E-state index is 9.82. The highest BCUT2D eigenvalue weighted by molar-refractivity contribution is 6.34. The zero-order valence-corrected chi connectivity index (χ0v) is 18.5. The number of hydrogen-bond donors (Lipinski definition) is 2. The minimum Gasteiger partial charge on any atom is -0.511 e. The molecule has 0 unspecified atom stereocenters. The van der Waals surface area contributed by atoms with Crippen LogP contribution in [-0.4, -0.2) is 17.4 Å². The number of hydrogen-bond acceptors (Lipinski definition) is 3. The molecule has 0 atom stereocenters. The van der Waals surface area contributed by atoms with Crippen LogP contribution in [0.2, 0.25) is 0 Å². The van der Waals surface area contributed by atoms with Crippen molar-refractivity contribution in [1.29, 1.82) is 0 Å². The van der Waals surface area contributed by atoms with Gasteiger partial charge in [0.1, 0.15) is 5.75 Å². The first-order valence-corrected chi connectivity index (χ1v) is 11.2. The van der Waals surface area contributed by atoms with Crippen LogP contribution in [0.15, 0.2) is 127 Å². The third kappa shape index (κ3) is 4.37. The maximum Gasteiger partial charge on any atom is 0.707 e. The van der Waals surface area contributed by atoms with E-state index in [0.29, 0.717) is 5.75 Å². The van der Waals surface area contributed by atoms with Crippen molar-refractivity contribution in [1.82, 2.24) is 0 Å². The summed E-state index contributed by atoms with van der Waals surface area (Å²) in [6, 6.07) is 42.3. The van der Waals surface area contributed by atoms with E-state index in [2.05, 4.69) is 36.4 Å². The smallest absolute Gasteiger partial charge is 0.511 e. The highest BCUT2D eigenvalue weighted by Gasteiger charge is 2.25. The molecule has 0 bridgehead atoms. The Balaban J connectivity index is 1.97. The van der Waals surface area contributed by atoms with E-state index in [9.17, 15) is 10.0 Å². The second-order valence-corrected chi connectivity index (χ2v) is 7.96. The molecule has 5 aromatic rings. The maximum absolute atomic E-state index is 9.82. The Kier molecular flexibility index (Phi) is 6.26. The summed E-state index contributed by atoms with van der Waals surface area (Å²) in [6.45, 7) is 0. The second kappa shape index (κ2) is 9.80. The summed E-state index contributed by atoms with van der Waals surface area (Å²) in [5, 5.41) is 19.6. The van der Waals surface area contributed by atoms with Crippen molar-refractivity contribution < 1.29 is 14.7 Å². The van der Waals surface area contributed by atoms with Gasteiger partial charge < -0.3 is 14.7 Å². The van der Waals surface area contributed by atoms with Crippen LogP contribution in [0.4, 0.5) is 0 Å². The minimum absolute atomic E-state index is 0.401. The summed E-state index contributed by atoms with van der Waals surface area (Å²) >= 11 is 0. The van der Waals surface area contributed by atoms with E-state index in [1.54, 1.807) is 0 Å². The molecule has 0 aromatic heterocycles. The van der Waals surface area contributed by atoms with E-state index in [0.717, 1.165) is 44.5 Å². The van der Waals surface area contributed by atoms with Crippen LogP contribution in [0.25, 0.3) is 44.5 Å². The number of benzene rings is 5. The zero-order valence-electron chi connectivity index (χ0n) is 18.5. The quantitative estimate of drug-likeness (QED) is 0.288. The molecule has 0 saturated carbocycles. The van der Waals surface area contributed by atoms with Gasteiger partial charge >= 0.3 is 7.32 Å². The Hall–Kier alpha value is -4.12. The molecule has 0 aliphatic heterocycles. The van der Waals surface area contributed by atoms with Gasteiger partial charge in [-0.25, -0.2) is 0 Å². The first-order valence-electron chi connectivity index (χ1n) is 11.2. The summed E-state index contributed by atoms with van der Waals surface area (Å²) in [6.07, 6.45) is 0. The minimum atomic E-state index is -1.95. The lowest BCUT2D eigenvalue weighted by Crippen LogP contribution is -2.21. The molecule has 4 heteroatoms. The summed E-state index contributed by atoms with van der Waals surface area (Å²) in [5.74, 6) is 0.401. The molecule has 3 nitrogen and oxygen atoms in total. The van der Waals surface area contributed by atoms with Crippen molar-refractivity contribution in [2.45, 2.75) is 0 Å². The monoisotopic (exact) mass is 442 g/mol. The van der Waals surface area contributed by atoms with Crippen molar-refractivity contribution in [3.8, 4) is 50.3 Å². The molecule has 34 heavy (non-hydrogen) atoms. The first-order chi connectivity index (χ1) is 16.7. The van der Waals surface area contributed by atoms with Gasteiger partial charge in [0.15, 0.2) is 0 Å². The predicted molar refractivity (Wildman–Crippen MR) is 139 cm³/mol. The van der Waals surface area contributed by atoms with E-state index in [4.69, 9.17) is 4.65 Å². The summed E-state index contributed by atoms with van der Waals surface area (Å²) in [4.78, 5) is 0. The van der Waals surface area contributed by atoms with E-state index >= 15 is 0 Å². The molecule has 5 rings (SSSR count). The van der Waals surface area contributed by atoms with Gasteiger partial charge in [-0.05, 0) is 39.4 Å². The van der Waals surface area contributed by atoms with E-state index in [1.807, 2.05) is 91.0 Å². The van der Waals surface area contributed by atoms with Crippen LogP contribution >= 0.6 is 0 Å². The van der Waals surface area contributed by atoms with Crippen LogP contribution in [0.3, 0.4) is 0 Å². The van der Waals surface area contributed by atoms with Crippen molar-refractivity contribution in [3.05, 3.63) is 127 Å². The van der Waals surface area contributed by atoms with Crippen LogP contribution in [-0.2, 0) is 0 Å². The van der Waals surface area contributed by atoms with Gasteiger partial charge in [-0.15, -0.1) is 0 Å². The van der Waals surface area contributed by atoms with Gasteiger partial charge in [-0.3, -0.25) is 0 Å². The third-order valence-electron chi connectivity index (χ3n) is 5.80. The lowest BCUT2D eigenvalue weighted by molar-refractivity contribution is 0.289. The Labute approximate surface area is 199 Å². The molecular formula is C30H23BO3. The fourth-order valence-electron chi connectivity index (χ4n) is 4.40. The second-order valence-electron chi connectivity index (χ2n) is 7.96. The van der Waals surface area contributed by atoms with Crippen molar-refractivity contribution in [3.63, 3.8) is 0 Å². The highest BCUT2D eigenvalue weighted by Crippen LogP contribution is 2.50. The first kappa shape index (κ1) is 21.7. The van der Waals surface area contributed by atoms with E-state index in [-0.39, 0.29) is 0 Å². The van der Waals surface area contributed by atoms with Crippen molar-refractivity contribution in [2.75, 3.05) is 0 Å². The molecule has 5 aromatic carbocycles. The van der Waals surface area contributed by atoms with Crippen LogP contribution in [0, 0.1) is 0 Å². The SMILES string of the molecule is OB(O)Oc1cc(-c2ccccc2)c(-c2ccccc2)c(-c2ccccc2)c1-c1ccccc1. The Morgan fingerprint density at radius 1 is 0.441 bits per heavy atom. The summed E-state index contributed by atoms with van der Waals surface area (Å²) < 4.78 is 5.63. The van der Waals surface area contributed by atoms with Crippen LogP contribution in [0.5, 0.6) is 5.75 Å². The summed E-state index contributed by atoms with van der Waals surface area (Å²) in [5.41, 5.74) is 7.78. The topological polar surface area (TPSA) is 49.7 Å². The predicted octanol–water partition coefficient (Wildman–Crippen LogP) is 6.70. The van der Waals surface area contributed by atoms with Crippen LogP contribution < -0.4 is 4.65 Å². The summed E-state index contributed by atoms with van der Waals surface area (Å²) in [7, 11) is -1.95. The van der Waals surface area contributed by atoms with Gasteiger partial charge in [-0.1, -0.05) is 121 Å². The fourth-order valence-corrected chi connectivity index (χ4v) is 4.40. The van der Waals surface area contributed by atoms with Gasteiger partial charge in [0, 0.05) is 11.1 Å². The van der Waals surface area contributed by atoms with Gasteiger partial charge in [0.05, 0.1) is 0 Å². The van der Waals surface area contributed by atoms with Gasteiger partial charge in [0.2, 0.25) is 0 Å². The lowest BCUT2D eigenvalue weighted by atomic mass is 9.82. The zero-order chi connectivity index (χ0) is 23.3. The number of rotatable bonds is 6. The fraction of sp³-hybridized carbons (Fsp3) is 0.